The molecule has 1 unspecified atom stereocenters. The van der Waals surface area contributed by atoms with Crippen LogP contribution in [0.4, 0.5) is 0 Å². The lowest BCUT2D eigenvalue weighted by Gasteiger charge is -2.08. The summed E-state index contributed by atoms with van der Waals surface area (Å²) in [6, 6.07) is 16.0. The molecule has 1 atom stereocenters. The molecule has 2 nitrogen and oxygen atoms in total. The molecular weight excluding hydrogens is 236 g/mol. The van der Waals surface area contributed by atoms with E-state index in [2.05, 4.69) is 12.1 Å². The van der Waals surface area contributed by atoms with Crippen LogP contribution in [0, 0.1) is 5.92 Å². The second-order valence-electron chi connectivity index (χ2n) is 4.95. The molecule has 3 rings (SSSR count). The highest BCUT2D eigenvalue weighted by Gasteiger charge is 2.32. The Labute approximate surface area is 113 Å². The number of hydrogen-bond donors (Lipinski definition) is 0. The number of ketones is 1. The molecule has 2 heteroatoms. The molecule has 0 fully saturated rings. The summed E-state index contributed by atoms with van der Waals surface area (Å²) in [6.45, 7) is 0. The molecule has 0 saturated heterocycles. The van der Waals surface area contributed by atoms with Gasteiger partial charge in [0.05, 0.1) is 12.7 Å². The number of ether oxygens (including phenoxy) is 1. The summed E-state index contributed by atoms with van der Waals surface area (Å²) in [5, 5.41) is 0. The van der Waals surface area contributed by atoms with Crippen molar-refractivity contribution >= 4 is 5.78 Å². The van der Waals surface area contributed by atoms with Crippen molar-refractivity contribution in [2.75, 3.05) is 7.11 Å². The molecule has 96 valence electrons. The average molecular weight is 252 g/mol. The van der Waals surface area contributed by atoms with Crippen molar-refractivity contribution in [2.45, 2.75) is 12.8 Å². The van der Waals surface area contributed by atoms with E-state index in [1.54, 1.807) is 7.11 Å². The standard InChI is InChI=1S/C17H16O2/c1-19-15-9-5-8-13-11-14(17(18)16(13)15)10-12-6-3-2-4-7-12/h2-9,14H,10-11H2,1H3. The number of rotatable bonds is 3. The highest BCUT2D eigenvalue weighted by Crippen LogP contribution is 2.34. The van der Waals surface area contributed by atoms with Crippen molar-refractivity contribution in [3.63, 3.8) is 0 Å². The predicted octanol–water partition coefficient (Wildman–Crippen LogP) is 3.29. The number of fused-ring (bicyclic) bond motifs is 1. The molecule has 1 aliphatic rings. The average Bonchev–Trinajstić information content (AvgIpc) is 2.77. The molecule has 0 bridgehead atoms. The highest BCUT2D eigenvalue weighted by atomic mass is 16.5. The van der Waals surface area contributed by atoms with Crippen molar-refractivity contribution in [2.24, 2.45) is 5.92 Å². The lowest BCUT2D eigenvalue weighted by Crippen LogP contribution is -2.12. The van der Waals surface area contributed by atoms with Gasteiger partial charge in [0.2, 0.25) is 0 Å². The van der Waals surface area contributed by atoms with E-state index in [0.29, 0.717) is 5.75 Å². The summed E-state index contributed by atoms with van der Waals surface area (Å²) in [4.78, 5) is 12.5. The third kappa shape index (κ3) is 2.14. The zero-order valence-corrected chi connectivity index (χ0v) is 10.9. The van der Waals surface area contributed by atoms with Crippen LogP contribution in [0.5, 0.6) is 5.75 Å². The van der Waals surface area contributed by atoms with Crippen LogP contribution < -0.4 is 4.74 Å². The number of Topliss-reactive ketones (excluding diaryl/α,β-unsaturated/α-hetero) is 1. The maximum Gasteiger partial charge on any atom is 0.170 e. The van der Waals surface area contributed by atoms with Crippen molar-refractivity contribution in [1.82, 2.24) is 0 Å². The van der Waals surface area contributed by atoms with Crippen LogP contribution in [0.15, 0.2) is 48.5 Å². The Morgan fingerprint density at radius 1 is 1.11 bits per heavy atom. The quantitative estimate of drug-likeness (QED) is 0.837. The highest BCUT2D eigenvalue weighted by molar-refractivity contribution is 6.04. The van der Waals surface area contributed by atoms with Crippen molar-refractivity contribution in [3.05, 3.63) is 65.2 Å². The van der Waals surface area contributed by atoms with Crippen LogP contribution in [-0.4, -0.2) is 12.9 Å². The molecule has 0 spiro atoms. The first-order valence-corrected chi connectivity index (χ1v) is 6.53. The number of carbonyl (C=O) groups is 1. The largest absolute Gasteiger partial charge is 0.496 e. The maximum atomic E-state index is 12.5. The Morgan fingerprint density at radius 3 is 2.63 bits per heavy atom. The second-order valence-corrected chi connectivity index (χ2v) is 4.95. The lowest BCUT2D eigenvalue weighted by molar-refractivity contribution is 0.0933. The molecule has 0 amide bonds. The molecule has 0 saturated carbocycles. The molecule has 2 aromatic carbocycles. The summed E-state index contributed by atoms with van der Waals surface area (Å²) < 4.78 is 5.31. The van der Waals surface area contributed by atoms with Crippen molar-refractivity contribution in [3.8, 4) is 5.75 Å². The normalized spacial score (nSPS) is 17.3. The monoisotopic (exact) mass is 252 g/mol. The summed E-state index contributed by atoms with van der Waals surface area (Å²) in [6.07, 6.45) is 1.62. The Hall–Kier alpha value is -2.09. The third-order valence-corrected chi connectivity index (χ3v) is 3.74. The molecule has 19 heavy (non-hydrogen) atoms. The van der Waals surface area contributed by atoms with E-state index in [4.69, 9.17) is 4.74 Å². The Bertz CT molecular complexity index is 602. The minimum atomic E-state index is 0.0497. The molecular formula is C17H16O2. The van der Waals surface area contributed by atoms with Gasteiger partial charge in [-0.15, -0.1) is 0 Å². The molecule has 0 radical (unpaired) electrons. The fourth-order valence-electron chi connectivity index (χ4n) is 2.82. The van der Waals surface area contributed by atoms with Gasteiger partial charge in [0.15, 0.2) is 5.78 Å². The van der Waals surface area contributed by atoms with E-state index in [9.17, 15) is 4.79 Å². The van der Waals surface area contributed by atoms with Crippen LogP contribution in [0.25, 0.3) is 0 Å². The molecule has 0 aromatic heterocycles. The van der Waals surface area contributed by atoms with Crippen LogP contribution in [0.3, 0.4) is 0 Å². The van der Waals surface area contributed by atoms with Crippen LogP contribution in [-0.2, 0) is 12.8 Å². The first-order chi connectivity index (χ1) is 9.29. The molecule has 0 aliphatic heterocycles. The Kier molecular flexibility index (Phi) is 3.08. The van der Waals surface area contributed by atoms with Gasteiger partial charge in [-0.1, -0.05) is 42.5 Å². The predicted molar refractivity (Wildman–Crippen MR) is 74.7 cm³/mol. The molecule has 1 aliphatic carbocycles. The van der Waals surface area contributed by atoms with Gasteiger partial charge < -0.3 is 4.74 Å². The van der Waals surface area contributed by atoms with E-state index in [0.717, 1.165) is 24.0 Å². The second kappa shape index (κ2) is 4.88. The van der Waals surface area contributed by atoms with Gasteiger partial charge in [-0.25, -0.2) is 0 Å². The van der Waals surface area contributed by atoms with Crippen molar-refractivity contribution in [1.29, 1.82) is 0 Å². The zero-order chi connectivity index (χ0) is 13.2. The fraction of sp³-hybridized carbons (Fsp3) is 0.235. The number of methoxy groups -OCH3 is 1. The smallest absolute Gasteiger partial charge is 0.170 e. The van der Waals surface area contributed by atoms with Gasteiger partial charge in [-0.3, -0.25) is 4.79 Å². The summed E-state index contributed by atoms with van der Waals surface area (Å²) in [5.41, 5.74) is 3.11. The molecule has 0 N–H and O–H groups in total. The van der Waals surface area contributed by atoms with Gasteiger partial charge >= 0.3 is 0 Å². The van der Waals surface area contributed by atoms with E-state index >= 15 is 0 Å². The summed E-state index contributed by atoms with van der Waals surface area (Å²) >= 11 is 0. The van der Waals surface area contributed by atoms with Gasteiger partial charge in [0, 0.05) is 5.92 Å². The Morgan fingerprint density at radius 2 is 1.89 bits per heavy atom. The first kappa shape index (κ1) is 12.0. The van der Waals surface area contributed by atoms with Gasteiger partial charge in [-0.2, -0.15) is 0 Å². The van der Waals surface area contributed by atoms with Crippen LogP contribution in [0.2, 0.25) is 0 Å². The van der Waals surface area contributed by atoms with E-state index < -0.39 is 0 Å². The van der Waals surface area contributed by atoms with E-state index in [1.165, 1.54) is 5.56 Å². The maximum absolute atomic E-state index is 12.5. The van der Waals surface area contributed by atoms with Crippen LogP contribution >= 0.6 is 0 Å². The number of benzene rings is 2. The fourth-order valence-corrected chi connectivity index (χ4v) is 2.82. The van der Waals surface area contributed by atoms with Gasteiger partial charge in [0.1, 0.15) is 5.75 Å². The molecule has 2 aromatic rings. The number of carbonyl (C=O) groups excluding carboxylic acids is 1. The third-order valence-electron chi connectivity index (χ3n) is 3.74. The summed E-state index contributed by atoms with van der Waals surface area (Å²) in [7, 11) is 1.62. The van der Waals surface area contributed by atoms with Crippen LogP contribution in [0.1, 0.15) is 21.5 Å². The van der Waals surface area contributed by atoms with Crippen molar-refractivity contribution < 1.29 is 9.53 Å². The molecule has 0 heterocycles. The summed E-state index contributed by atoms with van der Waals surface area (Å²) in [5.74, 6) is 0.975. The number of hydrogen-bond acceptors (Lipinski definition) is 2. The minimum absolute atomic E-state index is 0.0497. The topological polar surface area (TPSA) is 26.3 Å². The Balaban J connectivity index is 1.88. The SMILES string of the molecule is COc1cccc2c1C(=O)C(Cc1ccccc1)C2. The lowest BCUT2D eigenvalue weighted by atomic mass is 9.96. The minimum Gasteiger partial charge on any atom is -0.496 e. The van der Waals surface area contributed by atoms with E-state index in [-0.39, 0.29) is 11.7 Å². The first-order valence-electron chi connectivity index (χ1n) is 6.53. The van der Waals surface area contributed by atoms with Gasteiger partial charge in [0.25, 0.3) is 0 Å². The zero-order valence-electron chi connectivity index (χ0n) is 10.9. The van der Waals surface area contributed by atoms with Gasteiger partial charge in [-0.05, 0) is 30.0 Å². The van der Waals surface area contributed by atoms with E-state index in [1.807, 2.05) is 36.4 Å².